The zero-order valence-electron chi connectivity index (χ0n) is 11.2. The molecule has 0 amide bonds. The third kappa shape index (κ3) is 4.08. The topological polar surface area (TPSA) is 59.3 Å². The number of fused-ring (bicyclic) bond motifs is 1. The van der Waals surface area contributed by atoms with Crippen LogP contribution in [0.1, 0.15) is 25.1 Å². The van der Waals surface area contributed by atoms with Crippen molar-refractivity contribution in [2.75, 3.05) is 18.6 Å². The number of benzene rings is 1. The lowest BCUT2D eigenvalue weighted by Gasteiger charge is -2.10. The van der Waals surface area contributed by atoms with Gasteiger partial charge in [0.1, 0.15) is 21.2 Å². The minimum Gasteiger partial charge on any atom is -0.459 e. The molecule has 1 unspecified atom stereocenters. The second-order valence-corrected chi connectivity index (χ2v) is 7.11. The summed E-state index contributed by atoms with van der Waals surface area (Å²) >= 11 is 0. The zero-order valence-corrected chi connectivity index (χ0v) is 12.0. The molecule has 1 aromatic carbocycles. The van der Waals surface area contributed by atoms with Crippen LogP contribution in [0.5, 0.6) is 0 Å². The zero-order chi connectivity index (χ0) is 13.9. The average Bonchev–Trinajstić information content (AvgIpc) is 2.77. The van der Waals surface area contributed by atoms with Gasteiger partial charge < -0.3 is 9.73 Å². The fourth-order valence-corrected chi connectivity index (χ4v) is 2.64. The van der Waals surface area contributed by atoms with Crippen molar-refractivity contribution in [3.8, 4) is 0 Å². The molecule has 19 heavy (non-hydrogen) atoms. The van der Waals surface area contributed by atoms with Crippen LogP contribution < -0.4 is 5.32 Å². The highest BCUT2D eigenvalue weighted by Gasteiger charge is 2.11. The molecule has 0 aliphatic rings. The first kappa shape index (κ1) is 14.1. The van der Waals surface area contributed by atoms with E-state index in [0.29, 0.717) is 13.0 Å². The van der Waals surface area contributed by atoms with Crippen molar-refractivity contribution < 1.29 is 12.8 Å². The maximum absolute atomic E-state index is 11.0. The average molecular weight is 281 g/mol. The van der Waals surface area contributed by atoms with Crippen molar-refractivity contribution in [2.45, 2.75) is 19.4 Å². The van der Waals surface area contributed by atoms with E-state index < -0.39 is 9.84 Å². The summed E-state index contributed by atoms with van der Waals surface area (Å²) in [5.74, 6) is 1.09. The Balaban J connectivity index is 1.91. The second-order valence-electron chi connectivity index (χ2n) is 4.85. The summed E-state index contributed by atoms with van der Waals surface area (Å²) in [5, 5.41) is 4.36. The number of furan rings is 1. The highest BCUT2D eigenvalue weighted by molar-refractivity contribution is 7.90. The molecule has 1 atom stereocenters. The Morgan fingerprint density at radius 3 is 2.74 bits per heavy atom. The molecule has 0 aliphatic heterocycles. The largest absolute Gasteiger partial charge is 0.459 e. The van der Waals surface area contributed by atoms with Gasteiger partial charge in [-0.1, -0.05) is 18.2 Å². The van der Waals surface area contributed by atoms with Gasteiger partial charge in [0.05, 0.1) is 11.8 Å². The number of sulfone groups is 1. The molecule has 1 aromatic heterocycles. The normalized spacial score (nSPS) is 13.8. The molecule has 1 N–H and O–H groups in total. The van der Waals surface area contributed by atoms with Crippen LogP contribution in [-0.2, 0) is 9.84 Å². The number of hydrogen-bond donors (Lipinski definition) is 1. The van der Waals surface area contributed by atoms with Gasteiger partial charge in [-0.3, -0.25) is 0 Å². The van der Waals surface area contributed by atoms with E-state index in [-0.39, 0.29) is 11.8 Å². The smallest absolute Gasteiger partial charge is 0.147 e. The monoisotopic (exact) mass is 281 g/mol. The molecule has 2 aromatic rings. The lowest BCUT2D eigenvalue weighted by molar-refractivity contribution is 0.451. The molecule has 0 aliphatic carbocycles. The molecule has 2 rings (SSSR count). The standard InChI is InChI=1S/C14H19NO3S/c1-11(15-8-5-9-19(2,16)17)14-10-12-6-3-4-7-13(12)18-14/h3-4,6-7,10-11,15H,5,8-9H2,1-2H3. The first-order chi connectivity index (χ1) is 8.96. The molecule has 0 radical (unpaired) electrons. The van der Waals surface area contributed by atoms with Gasteiger partial charge in [-0.05, 0) is 32.0 Å². The third-order valence-corrected chi connectivity index (χ3v) is 4.04. The van der Waals surface area contributed by atoms with Gasteiger partial charge in [0.25, 0.3) is 0 Å². The minimum absolute atomic E-state index is 0.0759. The van der Waals surface area contributed by atoms with E-state index in [1.54, 1.807) is 0 Å². The Bertz CT molecular complexity index is 613. The van der Waals surface area contributed by atoms with Gasteiger partial charge in [-0.15, -0.1) is 0 Å². The van der Waals surface area contributed by atoms with Crippen LogP contribution in [0, 0.1) is 0 Å². The van der Waals surface area contributed by atoms with E-state index in [1.807, 2.05) is 37.3 Å². The summed E-state index contributed by atoms with van der Waals surface area (Å²) in [5.41, 5.74) is 0.877. The van der Waals surface area contributed by atoms with E-state index in [4.69, 9.17) is 4.42 Å². The highest BCUT2D eigenvalue weighted by atomic mass is 32.2. The molecular weight excluding hydrogens is 262 g/mol. The van der Waals surface area contributed by atoms with Gasteiger partial charge in [0.2, 0.25) is 0 Å². The van der Waals surface area contributed by atoms with Gasteiger partial charge in [-0.2, -0.15) is 0 Å². The van der Waals surface area contributed by atoms with Gasteiger partial charge >= 0.3 is 0 Å². The summed E-state index contributed by atoms with van der Waals surface area (Å²) in [4.78, 5) is 0. The molecule has 0 bridgehead atoms. The molecule has 0 fully saturated rings. The van der Waals surface area contributed by atoms with Gasteiger partial charge in [0.15, 0.2) is 0 Å². The summed E-state index contributed by atoms with van der Waals surface area (Å²) in [6.07, 6.45) is 1.87. The van der Waals surface area contributed by atoms with E-state index >= 15 is 0 Å². The van der Waals surface area contributed by atoms with Crippen molar-refractivity contribution in [1.29, 1.82) is 0 Å². The minimum atomic E-state index is -2.87. The van der Waals surface area contributed by atoms with E-state index in [2.05, 4.69) is 5.32 Å². The predicted octanol–water partition coefficient (Wildman–Crippen LogP) is 2.52. The lowest BCUT2D eigenvalue weighted by Crippen LogP contribution is -2.21. The summed E-state index contributed by atoms with van der Waals surface area (Å²) < 4.78 is 27.8. The highest BCUT2D eigenvalue weighted by Crippen LogP contribution is 2.23. The first-order valence-corrected chi connectivity index (χ1v) is 8.41. The predicted molar refractivity (Wildman–Crippen MR) is 77.0 cm³/mol. The summed E-state index contributed by atoms with van der Waals surface area (Å²) in [7, 11) is -2.87. The molecule has 0 spiro atoms. The van der Waals surface area contributed by atoms with Crippen molar-refractivity contribution in [3.05, 3.63) is 36.1 Å². The van der Waals surface area contributed by atoms with E-state index in [0.717, 1.165) is 16.7 Å². The Morgan fingerprint density at radius 2 is 2.05 bits per heavy atom. The van der Waals surface area contributed by atoms with Crippen molar-refractivity contribution >= 4 is 20.8 Å². The Morgan fingerprint density at radius 1 is 1.32 bits per heavy atom. The quantitative estimate of drug-likeness (QED) is 0.827. The molecule has 5 heteroatoms. The van der Waals surface area contributed by atoms with Crippen LogP contribution in [0.2, 0.25) is 0 Å². The number of rotatable bonds is 6. The maximum atomic E-state index is 11.0. The van der Waals surface area contributed by atoms with Crippen LogP contribution in [-0.4, -0.2) is 27.0 Å². The van der Waals surface area contributed by atoms with Gasteiger partial charge in [0, 0.05) is 11.6 Å². The second kappa shape index (κ2) is 5.75. The van der Waals surface area contributed by atoms with Crippen LogP contribution in [0.3, 0.4) is 0 Å². The van der Waals surface area contributed by atoms with Crippen molar-refractivity contribution in [2.24, 2.45) is 0 Å². The van der Waals surface area contributed by atoms with E-state index in [1.165, 1.54) is 6.26 Å². The first-order valence-electron chi connectivity index (χ1n) is 6.35. The SMILES string of the molecule is CC(NCCCS(C)(=O)=O)c1cc2ccccc2o1. The summed E-state index contributed by atoms with van der Waals surface area (Å²) in [6, 6.07) is 9.97. The van der Waals surface area contributed by atoms with Crippen molar-refractivity contribution in [1.82, 2.24) is 5.32 Å². The summed E-state index contributed by atoms with van der Waals surface area (Å²) in [6.45, 7) is 2.67. The Kier molecular flexibility index (Phi) is 4.27. The third-order valence-electron chi connectivity index (χ3n) is 3.01. The number of hydrogen-bond acceptors (Lipinski definition) is 4. The van der Waals surface area contributed by atoms with E-state index in [9.17, 15) is 8.42 Å². The Labute approximate surface area is 113 Å². The molecule has 4 nitrogen and oxygen atoms in total. The molecule has 104 valence electrons. The fourth-order valence-electron chi connectivity index (χ4n) is 1.97. The maximum Gasteiger partial charge on any atom is 0.147 e. The molecule has 1 heterocycles. The fraction of sp³-hybridized carbons (Fsp3) is 0.429. The number of nitrogens with one attached hydrogen (secondary N) is 1. The van der Waals surface area contributed by atoms with Gasteiger partial charge in [-0.25, -0.2) is 8.42 Å². The molecular formula is C14H19NO3S. The van der Waals surface area contributed by atoms with Crippen LogP contribution in [0.4, 0.5) is 0 Å². The van der Waals surface area contributed by atoms with Crippen LogP contribution >= 0.6 is 0 Å². The lowest BCUT2D eigenvalue weighted by atomic mass is 10.2. The van der Waals surface area contributed by atoms with Crippen molar-refractivity contribution in [3.63, 3.8) is 0 Å². The molecule has 0 saturated heterocycles. The Hall–Kier alpha value is -1.33. The van der Waals surface area contributed by atoms with Crippen LogP contribution in [0.25, 0.3) is 11.0 Å². The number of para-hydroxylation sites is 1. The van der Waals surface area contributed by atoms with Crippen LogP contribution in [0.15, 0.2) is 34.7 Å². The molecule has 0 saturated carbocycles.